The molecule has 0 aliphatic rings. The highest BCUT2D eigenvalue weighted by molar-refractivity contribution is 5.81. The Hall–Kier alpha value is -1.82. The van der Waals surface area contributed by atoms with Gasteiger partial charge in [-0.05, 0) is 18.9 Å². The number of hydrogen-bond donors (Lipinski definition) is 1. The Kier molecular flexibility index (Phi) is 4.53. The summed E-state index contributed by atoms with van der Waals surface area (Å²) in [5.41, 5.74) is 1.07. The molecule has 0 aliphatic heterocycles. The minimum absolute atomic E-state index is 0.00972. The van der Waals surface area contributed by atoms with Gasteiger partial charge in [0.1, 0.15) is 5.92 Å². The third kappa shape index (κ3) is 3.09. The van der Waals surface area contributed by atoms with Gasteiger partial charge >= 0.3 is 0 Å². The van der Waals surface area contributed by atoms with Gasteiger partial charge in [-0.3, -0.25) is 4.79 Å². The monoisotopic (exact) mass is 216 g/mol. The summed E-state index contributed by atoms with van der Waals surface area (Å²) in [4.78, 5) is 11.6. The first-order chi connectivity index (χ1) is 7.69. The van der Waals surface area contributed by atoms with Gasteiger partial charge in [0.15, 0.2) is 0 Å². The van der Waals surface area contributed by atoms with Gasteiger partial charge in [0.2, 0.25) is 5.91 Å². The molecule has 0 radical (unpaired) electrons. The highest BCUT2D eigenvalue weighted by Gasteiger charge is 2.16. The first-order valence-corrected chi connectivity index (χ1v) is 5.44. The van der Waals surface area contributed by atoms with E-state index in [9.17, 15) is 4.79 Å². The molecule has 0 saturated heterocycles. The number of nitrogens with zero attached hydrogens (tertiary/aromatic N) is 1. The topological polar surface area (TPSA) is 52.9 Å². The van der Waals surface area contributed by atoms with E-state index in [0.29, 0.717) is 0 Å². The number of benzene rings is 1. The van der Waals surface area contributed by atoms with Crippen LogP contribution >= 0.6 is 0 Å². The van der Waals surface area contributed by atoms with Crippen molar-refractivity contribution in [1.82, 2.24) is 5.32 Å². The van der Waals surface area contributed by atoms with E-state index in [0.717, 1.165) is 12.0 Å². The van der Waals surface area contributed by atoms with E-state index in [4.69, 9.17) is 5.26 Å². The Bertz CT molecular complexity index is 381. The second kappa shape index (κ2) is 5.92. The van der Waals surface area contributed by atoms with E-state index in [1.165, 1.54) is 0 Å². The number of carbonyl (C=O) groups is 1. The maximum Gasteiger partial charge on any atom is 0.237 e. The fraction of sp³-hybridized carbons (Fsp3) is 0.385. The van der Waals surface area contributed by atoms with Crippen LogP contribution in [0.5, 0.6) is 0 Å². The third-order valence-corrected chi connectivity index (χ3v) is 2.51. The van der Waals surface area contributed by atoms with E-state index >= 15 is 0 Å². The minimum atomic E-state index is -0.599. The first kappa shape index (κ1) is 12.3. The van der Waals surface area contributed by atoms with Gasteiger partial charge < -0.3 is 5.32 Å². The largest absolute Gasteiger partial charge is 0.348 e. The second-order valence-corrected chi connectivity index (χ2v) is 3.73. The molecule has 0 heterocycles. The van der Waals surface area contributed by atoms with Crippen molar-refractivity contribution < 1.29 is 4.79 Å². The van der Waals surface area contributed by atoms with Crippen molar-refractivity contribution in [2.45, 2.75) is 26.3 Å². The Morgan fingerprint density at radius 3 is 2.56 bits per heavy atom. The molecule has 0 spiro atoms. The lowest BCUT2D eigenvalue weighted by Crippen LogP contribution is -2.32. The van der Waals surface area contributed by atoms with Crippen molar-refractivity contribution in [2.75, 3.05) is 0 Å². The zero-order valence-electron chi connectivity index (χ0n) is 9.60. The van der Waals surface area contributed by atoms with Crippen LogP contribution in [0.3, 0.4) is 0 Å². The summed E-state index contributed by atoms with van der Waals surface area (Å²) >= 11 is 0. The lowest BCUT2D eigenvalue weighted by atomic mass is 10.0. The Balaban J connectivity index is 2.71. The second-order valence-electron chi connectivity index (χ2n) is 3.73. The Labute approximate surface area is 96.1 Å². The predicted octanol–water partition coefficient (Wildman–Crippen LogP) is 2.41. The fourth-order valence-electron chi connectivity index (χ4n) is 1.46. The molecule has 0 aliphatic carbocycles. The van der Waals surface area contributed by atoms with E-state index in [1.807, 2.05) is 43.3 Å². The summed E-state index contributed by atoms with van der Waals surface area (Å²) in [5.74, 6) is -0.809. The molecule has 2 atom stereocenters. The number of carbonyl (C=O) groups excluding carboxylic acids is 1. The molecule has 1 rings (SSSR count). The SMILES string of the molecule is CC[C@H](NC(=O)[C@H](C)C#N)c1ccccc1. The highest BCUT2D eigenvalue weighted by Crippen LogP contribution is 2.16. The van der Waals surface area contributed by atoms with Gasteiger partial charge in [0, 0.05) is 0 Å². The Morgan fingerprint density at radius 2 is 2.06 bits per heavy atom. The molecule has 84 valence electrons. The molecule has 0 aromatic heterocycles. The van der Waals surface area contributed by atoms with Gasteiger partial charge in [-0.1, -0.05) is 37.3 Å². The fourth-order valence-corrected chi connectivity index (χ4v) is 1.46. The van der Waals surface area contributed by atoms with Crippen molar-refractivity contribution in [3.63, 3.8) is 0 Å². The van der Waals surface area contributed by atoms with Gasteiger partial charge in [0.25, 0.3) is 0 Å². The molecule has 0 fully saturated rings. The molecule has 1 amide bonds. The van der Waals surface area contributed by atoms with Crippen LogP contribution in [0, 0.1) is 17.2 Å². The molecule has 0 bridgehead atoms. The molecule has 1 aromatic rings. The summed E-state index contributed by atoms with van der Waals surface area (Å²) < 4.78 is 0. The van der Waals surface area contributed by atoms with Crippen LogP contribution in [0.4, 0.5) is 0 Å². The number of nitrogens with one attached hydrogen (secondary N) is 1. The van der Waals surface area contributed by atoms with Crippen molar-refractivity contribution in [3.8, 4) is 6.07 Å². The lowest BCUT2D eigenvalue weighted by Gasteiger charge is -2.18. The average molecular weight is 216 g/mol. The van der Waals surface area contributed by atoms with Gasteiger partial charge in [-0.2, -0.15) is 5.26 Å². The van der Waals surface area contributed by atoms with Crippen molar-refractivity contribution in [1.29, 1.82) is 5.26 Å². The zero-order valence-corrected chi connectivity index (χ0v) is 9.60. The standard InChI is InChI=1S/C13H16N2O/c1-3-12(11-7-5-4-6-8-11)15-13(16)10(2)9-14/h4-8,10,12H,3H2,1-2H3,(H,15,16)/t10-,12+/m1/s1. The summed E-state index contributed by atoms with van der Waals surface area (Å²) in [6.07, 6.45) is 0.813. The number of hydrogen-bond acceptors (Lipinski definition) is 2. The summed E-state index contributed by atoms with van der Waals surface area (Å²) in [6.45, 7) is 3.61. The van der Waals surface area contributed by atoms with Crippen LogP contribution in [0.1, 0.15) is 31.9 Å². The minimum Gasteiger partial charge on any atom is -0.348 e. The quantitative estimate of drug-likeness (QED) is 0.840. The maximum absolute atomic E-state index is 11.6. The number of nitriles is 1. The van der Waals surface area contributed by atoms with E-state index in [2.05, 4.69) is 5.32 Å². The molecule has 1 N–H and O–H groups in total. The van der Waals surface area contributed by atoms with Crippen molar-refractivity contribution in [3.05, 3.63) is 35.9 Å². The van der Waals surface area contributed by atoms with Crippen LogP contribution in [0.25, 0.3) is 0 Å². The van der Waals surface area contributed by atoms with Gasteiger partial charge in [0.05, 0.1) is 12.1 Å². The molecule has 3 nitrogen and oxygen atoms in total. The third-order valence-electron chi connectivity index (χ3n) is 2.51. The van der Waals surface area contributed by atoms with E-state index < -0.39 is 5.92 Å². The summed E-state index contributed by atoms with van der Waals surface area (Å²) in [6, 6.07) is 11.7. The van der Waals surface area contributed by atoms with Crippen LogP contribution in [0.2, 0.25) is 0 Å². The number of amides is 1. The number of rotatable bonds is 4. The van der Waals surface area contributed by atoms with E-state index in [1.54, 1.807) is 6.92 Å². The molecule has 0 unspecified atom stereocenters. The summed E-state index contributed by atoms with van der Waals surface area (Å²) in [7, 11) is 0. The average Bonchev–Trinajstić information content (AvgIpc) is 2.35. The van der Waals surface area contributed by atoms with E-state index in [-0.39, 0.29) is 11.9 Å². The molecule has 3 heteroatoms. The predicted molar refractivity (Wildman–Crippen MR) is 62.4 cm³/mol. The molecule has 16 heavy (non-hydrogen) atoms. The first-order valence-electron chi connectivity index (χ1n) is 5.44. The highest BCUT2D eigenvalue weighted by atomic mass is 16.1. The smallest absolute Gasteiger partial charge is 0.237 e. The lowest BCUT2D eigenvalue weighted by molar-refractivity contribution is -0.123. The van der Waals surface area contributed by atoms with Crippen molar-refractivity contribution >= 4 is 5.91 Å². The molecule has 0 saturated carbocycles. The maximum atomic E-state index is 11.6. The van der Waals surface area contributed by atoms with Gasteiger partial charge in [-0.25, -0.2) is 0 Å². The normalized spacial score (nSPS) is 13.6. The van der Waals surface area contributed by atoms with Crippen LogP contribution in [-0.2, 0) is 4.79 Å². The molecular formula is C13H16N2O. The molecule has 1 aromatic carbocycles. The van der Waals surface area contributed by atoms with Crippen LogP contribution in [-0.4, -0.2) is 5.91 Å². The van der Waals surface area contributed by atoms with Gasteiger partial charge in [-0.15, -0.1) is 0 Å². The zero-order chi connectivity index (χ0) is 12.0. The molecular weight excluding hydrogens is 200 g/mol. The van der Waals surface area contributed by atoms with Crippen LogP contribution < -0.4 is 5.32 Å². The summed E-state index contributed by atoms with van der Waals surface area (Å²) in [5, 5.41) is 11.5. The van der Waals surface area contributed by atoms with Crippen LogP contribution in [0.15, 0.2) is 30.3 Å². The Morgan fingerprint density at radius 1 is 1.44 bits per heavy atom. The van der Waals surface area contributed by atoms with Crippen molar-refractivity contribution in [2.24, 2.45) is 5.92 Å².